The highest BCUT2D eigenvalue weighted by Gasteiger charge is 2.57. The topological polar surface area (TPSA) is 62.5 Å². The number of aromatic nitrogens is 1. The van der Waals surface area contributed by atoms with Crippen LogP contribution in [0.1, 0.15) is 53.4 Å². The summed E-state index contributed by atoms with van der Waals surface area (Å²) in [5.74, 6) is -0.174. The summed E-state index contributed by atoms with van der Waals surface area (Å²) in [6, 6.07) is 12.0. The molecular weight excluding hydrogens is 364 g/mol. The highest BCUT2D eigenvalue weighted by Crippen LogP contribution is 2.51. The normalized spacial score (nSPS) is 25.6. The van der Waals surface area contributed by atoms with Crippen LogP contribution < -0.4 is 5.56 Å². The van der Waals surface area contributed by atoms with Gasteiger partial charge in [-0.2, -0.15) is 0 Å². The molecule has 1 aromatic carbocycles. The molecule has 3 heterocycles. The average molecular weight is 395 g/mol. The molecule has 1 amide bonds. The lowest BCUT2D eigenvalue weighted by Gasteiger charge is -2.36. The molecule has 2 aliphatic rings. The van der Waals surface area contributed by atoms with E-state index in [1.54, 1.807) is 17.7 Å². The third-order valence-electron chi connectivity index (χ3n) is 7.12. The van der Waals surface area contributed by atoms with Gasteiger partial charge in [-0.1, -0.05) is 37.3 Å². The molecule has 5 heteroatoms. The maximum absolute atomic E-state index is 13.5. The van der Waals surface area contributed by atoms with E-state index in [2.05, 4.69) is 12.1 Å². The predicted octanol–water partition coefficient (Wildman–Crippen LogP) is 2.85. The minimum atomic E-state index is -0.330. The number of hydrogen-bond donors (Lipinski definition) is 1. The number of carbonyl (C=O) groups is 1. The van der Waals surface area contributed by atoms with E-state index in [0.717, 1.165) is 43.4 Å². The second-order valence-corrected chi connectivity index (χ2v) is 8.75. The first-order chi connectivity index (χ1) is 13.9. The molecule has 29 heavy (non-hydrogen) atoms. The Labute approximate surface area is 172 Å². The third kappa shape index (κ3) is 3.12. The van der Waals surface area contributed by atoms with E-state index >= 15 is 0 Å². The molecule has 3 atom stereocenters. The lowest BCUT2D eigenvalue weighted by atomic mass is 9.70. The minimum Gasteiger partial charge on any atom is -0.396 e. The van der Waals surface area contributed by atoms with Gasteiger partial charge in [0.15, 0.2) is 0 Å². The van der Waals surface area contributed by atoms with Crippen LogP contribution in [0.5, 0.6) is 0 Å². The summed E-state index contributed by atoms with van der Waals surface area (Å²) in [5.41, 5.74) is 2.82. The molecule has 5 nitrogen and oxygen atoms in total. The minimum absolute atomic E-state index is 0.0268. The first kappa shape index (κ1) is 19.9. The van der Waals surface area contributed by atoms with Gasteiger partial charge in [0, 0.05) is 30.2 Å². The van der Waals surface area contributed by atoms with E-state index in [4.69, 9.17) is 0 Å². The number of rotatable bonds is 5. The number of hydrogen-bond acceptors (Lipinski definition) is 3. The van der Waals surface area contributed by atoms with Crippen LogP contribution in [0, 0.1) is 12.3 Å². The molecule has 0 aliphatic carbocycles. The van der Waals surface area contributed by atoms with Crippen molar-refractivity contribution in [2.24, 2.45) is 12.5 Å². The fourth-order valence-corrected chi connectivity index (χ4v) is 5.75. The maximum atomic E-state index is 13.5. The first-order valence-corrected chi connectivity index (χ1v) is 10.6. The number of amides is 1. The molecule has 0 spiro atoms. The van der Waals surface area contributed by atoms with Gasteiger partial charge >= 0.3 is 0 Å². The number of aliphatic hydroxyl groups is 1. The van der Waals surface area contributed by atoms with Gasteiger partial charge in [0.25, 0.3) is 11.5 Å². The highest BCUT2D eigenvalue weighted by atomic mass is 16.3. The number of benzene rings is 1. The summed E-state index contributed by atoms with van der Waals surface area (Å²) < 4.78 is 1.61. The number of nitrogens with zero attached hydrogens (tertiary/aromatic N) is 2. The Kier molecular flexibility index (Phi) is 5.11. The Balaban J connectivity index is 1.68. The molecule has 2 saturated heterocycles. The summed E-state index contributed by atoms with van der Waals surface area (Å²) in [6.07, 6.45) is 4.13. The summed E-state index contributed by atoms with van der Waals surface area (Å²) in [6.45, 7) is 4.03. The van der Waals surface area contributed by atoms with Crippen LogP contribution >= 0.6 is 0 Å². The van der Waals surface area contributed by atoms with Crippen molar-refractivity contribution >= 4 is 5.91 Å². The number of pyridine rings is 1. The van der Waals surface area contributed by atoms with Crippen molar-refractivity contribution < 1.29 is 9.90 Å². The van der Waals surface area contributed by atoms with Crippen molar-refractivity contribution in [3.8, 4) is 0 Å². The molecule has 2 bridgehead atoms. The molecule has 1 aromatic heterocycles. The Morgan fingerprint density at radius 3 is 2.62 bits per heavy atom. The van der Waals surface area contributed by atoms with E-state index in [-0.39, 0.29) is 41.1 Å². The van der Waals surface area contributed by atoms with E-state index in [1.165, 1.54) is 5.56 Å². The van der Waals surface area contributed by atoms with Crippen molar-refractivity contribution in [2.75, 3.05) is 6.61 Å². The monoisotopic (exact) mass is 394 g/mol. The molecule has 2 aliphatic heterocycles. The summed E-state index contributed by atoms with van der Waals surface area (Å²) in [7, 11) is 1.75. The number of aliphatic hydroxyl groups excluding tert-OH is 1. The van der Waals surface area contributed by atoms with Crippen LogP contribution in [0.2, 0.25) is 0 Å². The molecule has 2 fully saturated rings. The summed E-state index contributed by atoms with van der Waals surface area (Å²) >= 11 is 0. The summed E-state index contributed by atoms with van der Waals surface area (Å²) in [4.78, 5) is 28.4. The second-order valence-electron chi connectivity index (χ2n) is 8.75. The van der Waals surface area contributed by atoms with Crippen LogP contribution in [0.15, 0.2) is 41.2 Å². The SMILES string of the molecule is CCc1c(C)cc(C(=O)N2[C@H]3CC[C@@H]2[C@@](CO)(Cc2ccccc2)C3)c(=O)n1C. The van der Waals surface area contributed by atoms with Crippen molar-refractivity contribution in [2.45, 2.75) is 58.0 Å². The van der Waals surface area contributed by atoms with Crippen LogP contribution in [0.3, 0.4) is 0 Å². The molecule has 1 N–H and O–H groups in total. The average Bonchev–Trinajstić information content (AvgIpc) is 3.27. The number of aryl methyl sites for hydroxylation is 1. The Bertz CT molecular complexity index is 982. The van der Waals surface area contributed by atoms with Crippen molar-refractivity contribution in [1.29, 1.82) is 0 Å². The largest absolute Gasteiger partial charge is 0.396 e. The van der Waals surface area contributed by atoms with Crippen LogP contribution in [0.25, 0.3) is 0 Å². The zero-order valence-electron chi connectivity index (χ0n) is 17.5. The lowest BCUT2D eigenvalue weighted by Crippen LogP contribution is -2.45. The van der Waals surface area contributed by atoms with Crippen LogP contribution in [-0.4, -0.2) is 39.2 Å². The summed E-state index contributed by atoms with van der Waals surface area (Å²) in [5, 5.41) is 10.4. The highest BCUT2D eigenvalue weighted by molar-refractivity contribution is 5.95. The van der Waals surface area contributed by atoms with Gasteiger partial charge in [-0.15, -0.1) is 0 Å². The third-order valence-corrected chi connectivity index (χ3v) is 7.12. The molecule has 0 saturated carbocycles. The van der Waals surface area contributed by atoms with E-state index in [9.17, 15) is 14.7 Å². The van der Waals surface area contributed by atoms with Gasteiger partial charge in [0.05, 0.1) is 6.61 Å². The number of carbonyl (C=O) groups excluding carboxylic acids is 1. The van der Waals surface area contributed by atoms with Gasteiger partial charge in [-0.25, -0.2) is 0 Å². The number of fused-ring (bicyclic) bond motifs is 2. The Morgan fingerprint density at radius 2 is 1.97 bits per heavy atom. The Morgan fingerprint density at radius 1 is 1.24 bits per heavy atom. The van der Waals surface area contributed by atoms with Gasteiger partial charge in [0.2, 0.25) is 0 Å². The zero-order valence-corrected chi connectivity index (χ0v) is 17.5. The van der Waals surface area contributed by atoms with Gasteiger partial charge in [-0.3, -0.25) is 9.59 Å². The van der Waals surface area contributed by atoms with Gasteiger partial charge < -0.3 is 14.6 Å². The zero-order chi connectivity index (χ0) is 20.8. The molecule has 0 unspecified atom stereocenters. The predicted molar refractivity (Wildman–Crippen MR) is 113 cm³/mol. The van der Waals surface area contributed by atoms with Crippen molar-refractivity contribution in [1.82, 2.24) is 9.47 Å². The van der Waals surface area contributed by atoms with E-state index in [1.807, 2.05) is 36.9 Å². The molecule has 0 radical (unpaired) electrons. The molecule has 154 valence electrons. The van der Waals surface area contributed by atoms with E-state index < -0.39 is 0 Å². The molecule has 4 rings (SSSR count). The molecular formula is C24H30N2O3. The standard InChI is InChI=1S/C24H30N2O3/c1-4-20-16(2)12-19(22(28)25(20)3)23(29)26-18-10-11-21(26)24(14-18,15-27)13-17-8-6-5-7-9-17/h5-9,12,18,21,27H,4,10-11,13-15H2,1-3H3/t18-,21+,24-/m0/s1. The lowest BCUT2D eigenvalue weighted by molar-refractivity contribution is 0.0569. The fourth-order valence-electron chi connectivity index (χ4n) is 5.75. The first-order valence-electron chi connectivity index (χ1n) is 10.6. The van der Waals surface area contributed by atoms with Gasteiger partial charge in [-0.05, 0) is 56.2 Å². The van der Waals surface area contributed by atoms with Crippen LogP contribution in [0.4, 0.5) is 0 Å². The maximum Gasteiger partial charge on any atom is 0.263 e. The van der Waals surface area contributed by atoms with Crippen molar-refractivity contribution in [3.63, 3.8) is 0 Å². The quantitative estimate of drug-likeness (QED) is 0.848. The van der Waals surface area contributed by atoms with Gasteiger partial charge in [0.1, 0.15) is 5.56 Å². The Hall–Kier alpha value is -2.40. The second kappa shape index (κ2) is 7.45. The molecule has 2 aromatic rings. The van der Waals surface area contributed by atoms with E-state index in [0.29, 0.717) is 0 Å². The van der Waals surface area contributed by atoms with Crippen LogP contribution in [-0.2, 0) is 19.9 Å². The smallest absolute Gasteiger partial charge is 0.263 e. The van der Waals surface area contributed by atoms with Crippen molar-refractivity contribution in [3.05, 3.63) is 69.1 Å². The fraction of sp³-hybridized carbons (Fsp3) is 0.500.